The van der Waals surface area contributed by atoms with Gasteiger partial charge in [-0.1, -0.05) is 6.07 Å². The number of nitrogens with one attached hydrogen (secondary N) is 3. The van der Waals surface area contributed by atoms with Gasteiger partial charge in [-0.25, -0.2) is 0 Å². The van der Waals surface area contributed by atoms with Gasteiger partial charge in [-0.3, -0.25) is 9.79 Å². The van der Waals surface area contributed by atoms with Gasteiger partial charge in [0.2, 0.25) is 0 Å². The summed E-state index contributed by atoms with van der Waals surface area (Å²) in [7, 11) is 1.59. The predicted molar refractivity (Wildman–Crippen MR) is 107 cm³/mol. The Morgan fingerprint density at radius 1 is 1.25 bits per heavy atom. The van der Waals surface area contributed by atoms with E-state index in [1.807, 2.05) is 13.0 Å². The van der Waals surface area contributed by atoms with Crippen LogP contribution in [0, 0.1) is 5.92 Å². The van der Waals surface area contributed by atoms with E-state index >= 15 is 0 Å². The van der Waals surface area contributed by atoms with E-state index in [0.29, 0.717) is 24.4 Å². The molecule has 1 aromatic rings. The molecule has 134 valence electrons. The van der Waals surface area contributed by atoms with Crippen LogP contribution in [-0.4, -0.2) is 45.2 Å². The van der Waals surface area contributed by atoms with Gasteiger partial charge in [-0.15, -0.1) is 24.0 Å². The molecule has 3 N–H and O–H groups in total. The zero-order valence-electron chi connectivity index (χ0n) is 14.3. The van der Waals surface area contributed by atoms with Crippen LogP contribution < -0.4 is 20.7 Å². The fourth-order valence-electron chi connectivity index (χ4n) is 2.09. The van der Waals surface area contributed by atoms with Crippen LogP contribution in [0.2, 0.25) is 0 Å². The van der Waals surface area contributed by atoms with Crippen LogP contribution in [0.25, 0.3) is 0 Å². The van der Waals surface area contributed by atoms with E-state index in [1.165, 1.54) is 12.8 Å². The second-order valence-electron chi connectivity index (χ2n) is 5.58. The zero-order chi connectivity index (χ0) is 16.5. The molecule has 1 aliphatic carbocycles. The van der Waals surface area contributed by atoms with E-state index < -0.39 is 0 Å². The molecule has 1 aromatic carbocycles. The summed E-state index contributed by atoms with van der Waals surface area (Å²) in [6.45, 7) is 4.91. The molecule has 24 heavy (non-hydrogen) atoms. The highest BCUT2D eigenvalue weighted by Gasteiger charge is 2.20. The summed E-state index contributed by atoms with van der Waals surface area (Å²) in [5, 5.41) is 9.33. The van der Waals surface area contributed by atoms with Crippen molar-refractivity contribution in [3.05, 3.63) is 29.8 Å². The average Bonchev–Trinajstić information content (AvgIpc) is 3.40. The minimum atomic E-state index is -0.106. The quantitative estimate of drug-likeness (QED) is 0.247. The third-order valence-electron chi connectivity index (χ3n) is 3.58. The molecular weight excluding hydrogens is 419 g/mol. The van der Waals surface area contributed by atoms with Crippen LogP contribution in [0.5, 0.6) is 5.75 Å². The van der Waals surface area contributed by atoms with Gasteiger partial charge < -0.3 is 20.7 Å². The highest BCUT2D eigenvalue weighted by Crippen LogP contribution is 2.28. The molecule has 7 heteroatoms. The average molecular weight is 446 g/mol. The van der Waals surface area contributed by atoms with E-state index in [0.717, 1.165) is 25.0 Å². The maximum Gasteiger partial charge on any atom is 0.251 e. The summed E-state index contributed by atoms with van der Waals surface area (Å²) < 4.78 is 5.12. The number of aliphatic imine (C=N–C) groups is 1. The smallest absolute Gasteiger partial charge is 0.251 e. The van der Waals surface area contributed by atoms with Gasteiger partial charge in [0.25, 0.3) is 5.91 Å². The van der Waals surface area contributed by atoms with Crippen molar-refractivity contribution >= 4 is 35.8 Å². The molecule has 6 nitrogen and oxygen atoms in total. The van der Waals surface area contributed by atoms with Crippen LogP contribution >= 0.6 is 24.0 Å². The Labute approximate surface area is 160 Å². The highest BCUT2D eigenvalue weighted by molar-refractivity contribution is 14.0. The molecule has 1 amide bonds. The lowest BCUT2D eigenvalue weighted by atomic mass is 10.2. The Kier molecular flexibility index (Phi) is 9.51. The van der Waals surface area contributed by atoms with Gasteiger partial charge in [0.1, 0.15) is 5.75 Å². The Hall–Kier alpha value is -1.51. The van der Waals surface area contributed by atoms with Gasteiger partial charge in [-0.05, 0) is 43.9 Å². The van der Waals surface area contributed by atoms with E-state index in [1.54, 1.807) is 25.3 Å². The van der Waals surface area contributed by atoms with Crippen LogP contribution in [0.1, 0.15) is 30.1 Å². The molecule has 1 fully saturated rings. The number of methoxy groups -OCH3 is 1. The van der Waals surface area contributed by atoms with E-state index in [2.05, 4.69) is 20.9 Å². The van der Waals surface area contributed by atoms with Gasteiger partial charge in [0.15, 0.2) is 5.96 Å². The molecule has 0 aliphatic heterocycles. The number of hydrogen-bond acceptors (Lipinski definition) is 3. The summed E-state index contributed by atoms with van der Waals surface area (Å²) in [6, 6.07) is 7.12. The largest absolute Gasteiger partial charge is 0.497 e. The second kappa shape index (κ2) is 11.1. The molecule has 1 saturated carbocycles. The predicted octanol–water partition coefficient (Wildman–Crippen LogP) is 2.01. The second-order valence-corrected chi connectivity index (χ2v) is 5.58. The molecule has 0 radical (unpaired) electrons. The molecule has 1 aliphatic rings. The Bertz CT molecular complexity index is 547. The first kappa shape index (κ1) is 20.5. The number of guanidine groups is 1. The molecule has 0 bridgehead atoms. The number of nitrogens with zero attached hydrogens (tertiary/aromatic N) is 1. The zero-order valence-corrected chi connectivity index (χ0v) is 16.6. The van der Waals surface area contributed by atoms with Crippen molar-refractivity contribution in [2.24, 2.45) is 10.9 Å². The van der Waals surface area contributed by atoms with Crippen molar-refractivity contribution in [2.45, 2.75) is 19.8 Å². The monoisotopic (exact) mass is 446 g/mol. The van der Waals surface area contributed by atoms with E-state index in [9.17, 15) is 4.79 Å². The number of carbonyl (C=O) groups excluding carboxylic acids is 1. The SMILES string of the molecule is CCNC(=NCC1CC1)NCCNC(=O)c1cccc(OC)c1.I. The lowest BCUT2D eigenvalue weighted by molar-refractivity contribution is 0.0954. The van der Waals surface area contributed by atoms with Crippen molar-refractivity contribution in [1.29, 1.82) is 0 Å². The Morgan fingerprint density at radius 3 is 2.67 bits per heavy atom. The molecule has 2 rings (SSSR count). The molecule has 0 unspecified atom stereocenters. The third kappa shape index (κ3) is 7.37. The summed E-state index contributed by atoms with van der Waals surface area (Å²) in [6.07, 6.45) is 2.58. The number of benzene rings is 1. The number of halogens is 1. The number of rotatable bonds is 8. The number of hydrogen-bond donors (Lipinski definition) is 3. The lowest BCUT2D eigenvalue weighted by Crippen LogP contribution is -2.41. The summed E-state index contributed by atoms with van der Waals surface area (Å²) in [5.41, 5.74) is 0.596. The van der Waals surface area contributed by atoms with Gasteiger partial charge >= 0.3 is 0 Å². The first-order valence-electron chi connectivity index (χ1n) is 8.17. The Morgan fingerprint density at radius 2 is 2.00 bits per heavy atom. The maximum absolute atomic E-state index is 12.1. The van der Waals surface area contributed by atoms with Gasteiger partial charge in [-0.2, -0.15) is 0 Å². The topological polar surface area (TPSA) is 74.8 Å². The van der Waals surface area contributed by atoms with Crippen molar-refractivity contribution in [3.8, 4) is 5.75 Å². The molecule has 0 spiro atoms. The third-order valence-corrected chi connectivity index (χ3v) is 3.58. The van der Waals surface area contributed by atoms with Crippen LogP contribution in [0.4, 0.5) is 0 Å². The summed E-state index contributed by atoms with van der Waals surface area (Å²) >= 11 is 0. The number of carbonyl (C=O) groups is 1. The molecule has 0 aromatic heterocycles. The normalized spacial score (nSPS) is 13.7. The van der Waals surface area contributed by atoms with Gasteiger partial charge in [0, 0.05) is 31.7 Å². The highest BCUT2D eigenvalue weighted by atomic mass is 127. The van der Waals surface area contributed by atoms with E-state index in [4.69, 9.17) is 4.74 Å². The summed E-state index contributed by atoms with van der Waals surface area (Å²) in [4.78, 5) is 16.6. The molecular formula is C17H27IN4O2. The lowest BCUT2D eigenvalue weighted by Gasteiger charge is -2.12. The fourth-order valence-corrected chi connectivity index (χ4v) is 2.09. The maximum atomic E-state index is 12.1. The molecule has 0 atom stereocenters. The van der Waals surface area contributed by atoms with Crippen LogP contribution in [0.15, 0.2) is 29.3 Å². The minimum absolute atomic E-state index is 0. The number of ether oxygens (including phenoxy) is 1. The first-order valence-corrected chi connectivity index (χ1v) is 8.17. The van der Waals surface area contributed by atoms with Crippen LogP contribution in [-0.2, 0) is 0 Å². The minimum Gasteiger partial charge on any atom is -0.497 e. The van der Waals surface area contributed by atoms with E-state index in [-0.39, 0.29) is 29.9 Å². The fraction of sp³-hybridized carbons (Fsp3) is 0.529. The van der Waals surface area contributed by atoms with Crippen molar-refractivity contribution in [1.82, 2.24) is 16.0 Å². The number of amides is 1. The first-order chi connectivity index (χ1) is 11.2. The van der Waals surface area contributed by atoms with Crippen molar-refractivity contribution < 1.29 is 9.53 Å². The standard InChI is InChI=1S/C17H26N4O2.HI/c1-3-18-17(21-12-13-7-8-13)20-10-9-19-16(22)14-5-4-6-15(11-14)23-2;/h4-6,11,13H,3,7-10,12H2,1-2H3,(H,19,22)(H2,18,20,21);1H. The van der Waals surface area contributed by atoms with Gasteiger partial charge in [0.05, 0.1) is 7.11 Å². The van der Waals surface area contributed by atoms with Crippen LogP contribution in [0.3, 0.4) is 0 Å². The van der Waals surface area contributed by atoms with Crippen molar-refractivity contribution in [3.63, 3.8) is 0 Å². The Balaban J connectivity index is 0.00000288. The molecule has 0 heterocycles. The molecule has 0 saturated heterocycles. The van der Waals surface area contributed by atoms with Crippen molar-refractivity contribution in [2.75, 3.05) is 33.3 Å². The summed E-state index contributed by atoms with van der Waals surface area (Å²) in [5.74, 6) is 2.15.